The van der Waals surface area contributed by atoms with Crippen LogP contribution in [0.25, 0.3) is 0 Å². The maximum Gasteiger partial charge on any atom is 0.410 e. The van der Waals surface area contributed by atoms with E-state index >= 15 is 0 Å². The van der Waals surface area contributed by atoms with Gasteiger partial charge in [-0.1, -0.05) is 36.4 Å². The highest BCUT2D eigenvalue weighted by molar-refractivity contribution is 5.71. The molecule has 0 aliphatic carbocycles. The topological polar surface area (TPSA) is 67.9 Å². The minimum absolute atomic E-state index is 0.205. The number of hydrogen-bond donors (Lipinski definition) is 1. The number of ether oxygens (including phenoxy) is 2. The van der Waals surface area contributed by atoms with E-state index in [1.165, 1.54) is 0 Å². The first-order valence-corrected chi connectivity index (χ1v) is 8.82. The van der Waals surface area contributed by atoms with Gasteiger partial charge in [-0.2, -0.15) is 0 Å². The van der Waals surface area contributed by atoms with Crippen molar-refractivity contribution in [2.24, 2.45) is 0 Å². The van der Waals surface area contributed by atoms with Crippen molar-refractivity contribution in [3.05, 3.63) is 48.6 Å². The normalized spacial score (nSPS) is 19.3. The van der Waals surface area contributed by atoms with Crippen LogP contribution >= 0.6 is 0 Å². The lowest BCUT2D eigenvalue weighted by atomic mass is 9.81. The summed E-state index contributed by atoms with van der Waals surface area (Å²) in [5.74, 6) is 0. The van der Waals surface area contributed by atoms with Crippen LogP contribution in [0.1, 0.15) is 39.2 Å². The van der Waals surface area contributed by atoms with E-state index in [0.29, 0.717) is 19.5 Å². The van der Waals surface area contributed by atoms with Gasteiger partial charge in [0.1, 0.15) is 12.2 Å². The number of rotatable bonds is 6. The van der Waals surface area contributed by atoms with E-state index in [4.69, 9.17) is 9.47 Å². The van der Waals surface area contributed by atoms with Gasteiger partial charge in [0.25, 0.3) is 0 Å². The lowest BCUT2D eigenvalue weighted by molar-refractivity contribution is -0.0430. The Bertz CT molecular complexity index is 639. The molecule has 1 saturated heterocycles. The number of carbonyl (C=O) groups is 2. The van der Waals surface area contributed by atoms with Gasteiger partial charge in [0.2, 0.25) is 0 Å². The number of likely N-dealkylation sites (tertiary alicyclic amines) is 1. The minimum Gasteiger partial charge on any atom is -0.445 e. The lowest BCUT2D eigenvalue weighted by Crippen LogP contribution is -2.67. The van der Waals surface area contributed by atoms with Crippen LogP contribution in [0.5, 0.6) is 0 Å². The van der Waals surface area contributed by atoms with E-state index in [0.717, 1.165) is 12.0 Å². The van der Waals surface area contributed by atoms with Gasteiger partial charge in [0, 0.05) is 13.1 Å². The molecule has 0 saturated carbocycles. The Morgan fingerprint density at radius 3 is 2.54 bits per heavy atom. The van der Waals surface area contributed by atoms with E-state index in [2.05, 4.69) is 11.9 Å². The predicted molar refractivity (Wildman–Crippen MR) is 99.7 cm³/mol. The molecule has 1 aromatic rings. The first kappa shape index (κ1) is 19.8. The number of alkyl carbamates (subject to hydrolysis) is 1. The molecule has 6 nitrogen and oxygen atoms in total. The summed E-state index contributed by atoms with van der Waals surface area (Å²) < 4.78 is 10.7. The molecule has 142 valence electrons. The molecule has 1 fully saturated rings. The molecule has 0 aromatic heterocycles. The van der Waals surface area contributed by atoms with Gasteiger partial charge in [-0.15, -0.1) is 6.58 Å². The molecule has 1 atom stereocenters. The largest absolute Gasteiger partial charge is 0.445 e. The second kappa shape index (κ2) is 8.25. The van der Waals surface area contributed by atoms with Crippen LogP contribution in [-0.4, -0.2) is 41.3 Å². The third kappa shape index (κ3) is 5.25. The van der Waals surface area contributed by atoms with Crippen LogP contribution in [0.2, 0.25) is 0 Å². The highest BCUT2D eigenvalue weighted by Crippen LogP contribution is 2.35. The van der Waals surface area contributed by atoms with Crippen molar-refractivity contribution in [2.75, 3.05) is 13.1 Å². The highest BCUT2D eigenvalue weighted by Gasteiger charge is 2.48. The quantitative estimate of drug-likeness (QED) is 0.782. The summed E-state index contributed by atoms with van der Waals surface area (Å²) >= 11 is 0. The molecule has 2 rings (SSSR count). The predicted octanol–water partition coefficient (Wildman–Crippen LogP) is 3.87. The molecule has 1 aliphatic heterocycles. The Hall–Kier alpha value is -2.50. The van der Waals surface area contributed by atoms with Crippen molar-refractivity contribution in [2.45, 2.75) is 51.4 Å². The van der Waals surface area contributed by atoms with E-state index in [1.54, 1.807) is 11.0 Å². The van der Waals surface area contributed by atoms with Gasteiger partial charge in [0.05, 0.1) is 5.54 Å². The standard InChI is InChI=1S/C20H28N2O4/c1-5-11-20(12-13-22(20)18(24)26-19(2,3)4)15-21-17(23)25-14-16-9-7-6-8-10-16/h5-10H,1,11-15H2,2-4H3,(H,21,23). The zero-order chi connectivity index (χ0) is 19.2. The average Bonchev–Trinajstić information content (AvgIpc) is 2.55. The Balaban J connectivity index is 1.89. The number of amides is 2. The van der Waals surface area contributed by atoms with Crippen molar-refractivity contribution in [3.63, 3.8) is 0 Å². The number of nitrogens with one attached hydrogen (secondary N) is 1. The zero-order valence-corrected chi connectivity index (χ0v) is 15.8. The van der Waals surface area contributed by atoms with Gasteiger partial charge in [-0.3, -0.25) is 0 Å². The maximum atomic E-state index is 12.4. The van der Waals surface area contributed by atoms with Crippen LogP contribution in [0, 0.1) is 0 Å². The molecule has 1 aromatic carbocycles. The second-order valence-electron chi connectivity index (χ2n) is 7.51. The van der Waals surface area contributed by atoms with Crippen LogP contribution in [-0.2, 0) is 16.1 Å². The van der Waals surface area contributed by atoms with Gasteiger partial charge in [-0.25, -0.2) is 9.59 Å². The monoisotopic (exact) mass is 360 g/mol. The van der Waals surface area contributed by atoms with E-state index in [-0.39, 0.29) is 12.7 Å². The number of benzene rings is 1. The van der Waals surface area contributed by atoms with Gasteiger partial charge < -0.3 is 19.7 Å². The van der Waals surface area contributed by atoms with Crippen molar-refractivity contribution < 1.29 is 19.1 Å². The second-order valence-corrected chi connectivity index (χ2v) is 7.51. The molecule has 0 radical (unpaired) electrons. The first-order chi connectivity index (χ1) is 12.3. The molecule has 26 heavy (non-hydrogen) atoms. The summed E-state index contributed by atoms with van der Waals surface area (Å²) in [7, 11) is 0. The van der Waals surface area contributed by atoms with E-state index < -0.39 is 17.2 Å². The van der Waals surface area contributed by atoms with Crippen molar-refractivity contribution in [1.82, 2.24) is 10.2 Å². The Morgan fingerprint density at radius 2 is 2.00 bits per heavy atom. The average molecular weight is 360 g/mol. The van der Waals surface area contributed by atoms with Gasteiger partial charge >= 0.3 is 12.2 Å². The van der Waals surface area contributed by atoms with Gasteiger partial charge in [-0.05, 0) is 39.2 Å². The zero-order valence-electron chi connectivity index (χ0n) is 15.8. The first-order valence-electron chi connectivity index (χ1n) is 8.82. The molecule has 1 heterocycles. The third-order valence-corrected chi connectivity index (χ3v) is 4.29. The summed E-state index contributed by atoms with van der Waals surface area (Å²) in [6.07, 6.45) is 2.23. The van der Waals surface area contributed by atoms with Crippen LogP contribution in [0.3, 0.4) is 0 Å². The Kier molecular flexibility index (Phi) is 6.29. The summed E-state index contributed by atoms with van der Waals surface area (Å²) in [5.41, 5.74) is -0.146. The van der Waals surface area contributed by atoms with E-state index in [9.17, 15) is 9.59 Å². The Morgan fingerprint density at radius 1 is 1.31 bits per heavy atom. The molecule has 6 heteroatoms. The lowest BCUT2D eigenvalue weighted by Gasteiger charge is -2.52. The van der Waals surface area contributed by atoms with Crippen LogP contribution in [0.15, 0.2) is 43.0 Å². The maximum absolute atomic E-state index is 12.4. The fourth-order valence-electron chi connectivity index (χ4n) is 2.89. The molecule has 0 bridgehead atoms. The SMILES string of the molecule is C=CCC1(CNC(=O)OCc2ccccc2)CCN1C(=O)OC(C)(C)C. The van der Waals surface area contributed by atoms with Crippen molar-refractivity contribution in [1.29, 1.82) is 0 Å². The molecule has 2 amide bonds. The molecule has 1 aliphatic rings. The van der Waals surface area contributed by atoms with Crippen LogP contribution in [0.4, 0.5) is 9.59 Å². The number of hydrogen-bond acceptors (Lipinski definition) is 4. The summed E-state index contributed by atoms with van der Waals surface area (Å²) in [6, 6.07) is 9.47. The van der Waals surface area contributed by atoms with Crippen molar-refractivity contribution >= 4 is 12.2 Å². The van der Waals surface area contributed by atoms with E-state index in [1.807, 2.05) is 51.1 Å². The fourth-order valence-corrected chi connectivity index (χ4v) is 2.89. The van der Waals surface area contributed by atoms with Crippen molar-refractivity contribution in [3.8, 4) is 0 Å². The minimum atomic E-state index is -0.561. The van der Waals surface area contributed by atoms with Crippen LogP contribution < -0.4 is 5.32 Å². The number of nitrogens with zero attached hydrogens (tertiary/aromatic N) is 1. The third-order valence-electron chi connectivity index (χ3n) is 4.29. The Labute approximate surface area is 155 Å². The fraction of sp³-hybridized carbons (Fsp3) is 0.500. The summed E-state index contributed by atoms with van der Waals surface area (Å²) in [6.45, 7) is 10.4. The smallest absolute Gasteiger partial charge is 0.410 e. The van der Waals surface area contributed by atoms with Gasteiger partial charge in [0.15, 0.2) is 0 Å². The summed E-state index contributed by atoms with van der Waals surface area (Å²) in [5, 5.41) is 2.77. The molecule has 0 spiro atoms. The highest BCUT2D eigenvalue weighted by atomic mass is 16.6. The molecule has 1 N–H and O–H groups in total. The summed E-state index contributed by atoms with van der Waals surface area (Å²) in [4.78, 5) is 26.1. The molecular weight excluding hydrogens is 332 g/mol. The number of carbonyl (C=O) groups excluding carboxylic acids is 2. The molecule has 1 unspecified atom stereocenters. The molecular formula is C20H28N2O4.